The number of ether oxygens (including phenoxy) is 2. The summed E-state index contributed by atoms with van der Waals surface area (Å²) in [5.74, 6) is -5.66. The van der Waals surface area contributed by atoms with Crippen molar-refractivity contribution in [2.75, 3.05) is 14.2 Å². The summed E-state index contributed by atoms with van der Waals surface area (Å²) in [5, 5.41) is 0. The van der Waals surface area contributed by atoms with Crippen LogP contribution in [-0.4, -0.2) is 37.7 Å². The molecule has 0 bridgehead atoms. The summed E-state index contributed by atoms with van der Waals surface area (Å²) in [5.41, 5.74) is 0. The van der Waals surface area contributed by atoms with Crippen molar-refractivity contribution in [2.45, 2.75) is 6.42 Å². The van der Waals surface area contributed by atoms with Crippen LogP contribution >= 0.6 is 0 Å². The zero-order valence-electron chi connectivity index (χ0n) is 8.31. The van der Waals surface area contributed by atoms with Crippen molar-refractivity contribution >= 4 is 23.5 Å². The predicted molar refractivity (Wildman–Crippen MR) is 45.6 cm³/mol. The molecule has 15 heavy (non-hydrogen) atoms. The molecule has 1 rings (SSSR count). The minimum atomic E-state index is -1.16. The first-order valence-corrected chi connectivity index (χ1v) is 4.26. The van der Waals surface area contributed by atoms with E-state index in [9.17, 15) is 19.2 Å². The van der Waals surface area contributed by atoms with Crippen LogP contribution in [0.4, 0.5) is 0 Å². The van der Waals surface area contributed by atoms with E-state index >= 15 is 0 Å². The lowest BCUT2D eigenvalue weighted by atomic mass is 10.1. The van der Waals surface area contributed by atoms with Crippen molar-refractivity contribution in [3.63, 3.8) is 0 Å². The van der Waals surface area contributed by atoms with Gasteiger partial charge in [-0.15, -0.1) is 0 Å². The Balaban J connectivity index is 2.85. The molecule has 0 saturated heterocycles. The lowest BCUT2D eigenvalue weighted by Gasteiger charge is -2.04. The molecule has 0 aliphatic heterocycles. The molecule has 0 spiro atoms. The fourth-order valence-electron chi connectivity index (χ4n) is 1.48. The van der Waals surface area contributed by atoms with Crippen LogP contribution < -0.4 is 0 Å². The Kier molecular flexibility index (Phi) is 3.18. The largest absolute Gasteiger partial charge is 0.468 e. The van der Waals surface area contributed by atoms with Crippen molar-refractivity contribution in [1.82, 2.24) is 0 Å². The van der Waals surface area contributed by atoms with Gasteiger partial charge >= 0.3 is 11.9 Å². The molecule has 2 unspecified atom stereocenters. The molecule has 6 heteroatoms. The van der Waals surface area contributed by atoms with E-state index < -0.39 is 35.3 Å². The third-order valence-electron chi connectivity index (χ3n) is 2.32. The molecule has 0 amide bonds. The standard InChI is InChI=1S/C9H10O6/c1-14-8(12)4-3-5(9(13)15-2)7(11)6(4)10/h4-5H,3H2,1-2H3. The molecule has 0 aromatic rings. The summed E-state index contributed by atoms with van der Waals surface area (Å²) in [4.78, 5) is 44.7. The predicted octanol–water partition coefficient (Wildman–Crippen LogP) is -0.893. The summed E-state index contributed by atoms with van der Waals surface area (Å²) in [6.07, 6.45) is -0.156. The first-order chi connectivity index (χ1) is 7.02. The molecule has 2 atom stereocenters. The van der Waals surface area contributed by atoms with E-state index in [1.54, 1.807) is 0 Å². The number of Topliss-reactive ketones (excluding diaryl/α,β-unsaturated/α-hetero) is 2. The molecule has 82 valence electrons. The quantitative estimate of drug-likeness (QED) is 0.336. The van der Waals surface area contributed by atoms with Crippen LogP contribution in [0.1, 0.15) is 6.42 Å². The highest BCUT2D eigenvalue weighted by atomic mass is 16.5. The van der Waals surface area contributed by atoms with Gasteiger partial charge in [0.1, 0.15) is 11.8 Å². The molecule has 1 aliphatic rings. The van der Waals surface area contributed by atoms with Crippen molar-refractivity contribution in [1.29, 1.82) is 0 Å². The molecule has 0 aromatic heterocycles. The maximum Gasteiger partial charge on any atom is 0.316 e. The summed E-state index contributed by atoms with van der Waals surface area (Å²) in [6.45, 7) is 0. The second-order valence-corrected chi connectivity index (χ2v) is 3.12. The SMILES string of the molecule is COC(=O)C1CC(C(=O)OC)C(=O)C1=O. The highest BCUT2D eigenvalue weighted by Gasteiger charge is 2.49. The molecule has 0 radical (unpaired) electrons. The van der Waals surface area contributed by atoms with Crippen LogP contribution in [0.3, 0.4) is 0 Å². The number of esters is 2. The van der Waals surface area contributed by atoms with Gasteiger partial charge < -0.3 is 9.47 Å². The average Bonchev–Trinajstić information content (AvgIpc) is 2.54. The molecule has 6 nitrogen and oxygen atoms in total. The molecule has 1 fully saturated rings. The van der Waals surface area contributed by atoms with Crippen molar-refractivity contribution in [3.8, 4) is 0 Å². The van der Waals surface area contributed by atoms with Crippen molar-refractivity contribution in [3.05, 3.63) is 0 Å². The van der Waals surface area contributed by atoms with Crippen LogP contribution in [0.2, 0.25) is 0 Å². The minimum Gasteiger partial charge on any atom is -0.468 e. The van der Waals surface area contributed by atoms with Gasteiger partial charge in [0.15, 0.2) is 0 Å². The van der Waals surface area contributed by atoms with Crippen LogP contribution in [-0.2, 0) is 28.7 Å². The third kappa shape index (κ3) is 1.88. The topological polar surface area (TPSA) is 86.7 Å². The van der Waals surface area contributed by atoms with Crippen LogP contribution in [0.25, 0.3) is 0 Å². The average molecular weight is 214 g/mol. The Morgan fingerprint density at radius 2 is 1.33 bits per heavy atom. The Hall–Kier alpha value is -1.72. The Morgan fingerprint density at radius 3 is 1.60 bits per heavy atom. The number of rotatable bonds is 2. The van der Waals surface area contributed by atoms with Gasteiger partial charge in [-0.3, -0.25) is 19.2 Å². The molecule has 1 saturated carbocycles. The maximum atomic E-state index is 11.3. The summed E-state index contributed by atoms with van der Waals surface area (Å²) >= 11 is 0. The van der Waals surface area contributed by atoms with E-state index in [0.717, 1.165) is 14.2 Å². The van der Waals surface area contributed by atoms with Gasteiger partial charge in [0.2, 0.25) is 11.6 Å². The van der Waals surface area contributed by atoms with E-state index in [1.807, 2.05) is 0 Å². The molecule has 1 aliphatic carbocycles. The van der Waals surface area contributed by atoms with Crippen molar-refractivity contribution < 1.29 is 28.7 Å². The highest BCUT2D eigenvalue weighted by molar-refractivity contribution is 6.46. The summed E-state index contributed by atoms with van der Waals surface area (Å²) < 4.78 is 8.70. The zero-order chi connectivity index (χ0) is 11.6. The maximum absolute atomic E-state index is 11.3. The van der Waals surface area contributed by atoms with Crippen molar-refractivity contribution in [2.24, 2.45) is 11.8 Å². The highest BCUT2D eigenvalue weighted by Crippen LogP contribution is 2.26. The Labute approximate surface area is 85.5 Å². The van der Waals surface area contributed by atoms with Gasteiger partial charge in [-0.05, 0) is 6.42 Å². The number of carbonyl (C=O) groups excluding carboxylic acids is 4. The second kappa shape index (κ2) is 4.20. The van der Waals surface area contributed by atoms with E-state index in [-0.39, 0.29) is 6.42 Å². The van der Waals surface area contributed by atoms with Gasteiger partial charge in [-0.25, -0.2) is 0 Å². The van der Waals surface area contributed by atoms with Crippen LogP contribution in [0.15, 0.2) is 0 Å². The fourth-order valence-corrected chi connectivity index (χ4v) is 1.48. The Bertz CT molecular complexity index is 299. The Morgan fingerprint density at radius 1 is 1.00 bits per heavy atom. The van der Waals surface area contributed by atoms with Crippen LogP contribution in [0.5, 0.6) is 0 Å². The normalized spacial score (nSPS) is 25.2. The first kappa shape index (κ1) is 11.4. The number of carbonyl (C=O) groups is 4. The van der Waals surface area contributed by atoms with E-state index in [0.29, 0.717) is 0 Å². The molecular weight excluding hydrogens is 204 g/mol. The second-order valence-electron chi connectivity index (χ2n) is 3.12. The molecular formula is C9H10O6. The van der Waals surface area contributed by atoms with Gasteiger partial charge in [0.25, 0.3) is 0 Å². The molecule has 0 heterocycles. The van der Waals surface area contributed by atoms with E-state index in [1.165, 1.54) is 0 Å². The summed E-state index contributed by atoms with van der Waals surface area (Å²) in [7, 11) is 2.23. The lowest BCUT2D eigenvalue weighted by Crippen LogP contribution is -2.25. The number of hydrogen-bond acceptors (Lipinski definition) is 6. The lowest BCUT2D eigenvalue weighted by molar-refractivity contribution is -0.151. The zero-order valence-corrected chi connectivity index (χ0v) is 8.31. The number of methoxy groups -OCH3 is 2. The van der Waals surface area contributed by atoms with Crippen LogP contribution in [0, 0.1) is 11.8 Å². The minimum absolute atomic E-state index is 0.156. The third-order valence-corrected chi connectivity index (χ3v) is 2.32. The number of ketones is 2. The van der Waals surface area contributed by atoms with Gasteiger partial charge in [-0.2, -0.15) is 0 Å². The smallest absolute Gasteiger partial charge is 0.316 e. The number of hydrogen-bond donors (Lipinski definition) is 0. The van der Waals surface area contributed by atoms with Gasteiger partial charge in [-0.1, -0.05) is 0 Å². The van der Waals surface area contributed by atoms with Gasteiger partial charge in [0, 0.05) is 0 Å². The summed E-state index contributed by atoms with van der Waals surface area (Å²) in [6, 6.07) is 0. The van der Waals surface area contributed by atoms with E-state index in [4.69, 9.17) is 0 Å². The van der Waals surface area contributed by atoms with Gasteiger partial charge in [0.05, 0.1) is 14.2 Å². The monoisotopic (exact) mass is 214 g/mol. The van der Waals surface area contributed by atoms with E-state index in [2.05, 4.69) is 9.47 Å². The first-order valence-electron chi connectivity index (χ1n) is 4.26. The molecule has 0 N–H and O–H groups in total. The molecule has 0 aromatic carbocycles. The fraction of sp³-hybridized carbons (Fsp3) is 0.556.